The molecule has 1 fully saturated rings. The van der Waals surface area contributed by atoms with E-state index < -0.39 is 0 Å². The minimum absolute atomic E-state index is 0. The third-order valence-corrected chi connectivity index (χ3v) is 4.50. The molecule has 1 atom stereocenters. The van der Waals surface area contributed by atoms with Crippen LogP contribution in [0.3, 0.4) is 0 Å². The summed E-state index contributed by atoms with van der Waals surface area (Å²) in [5.41, 5.74) is 0.612. The predicted octanol–water partition coefficient (Wildman–Crippen LogP) is 2.93. The van der Waals surface area contributed by atoms with Gasteiger partial charge in [-0.3, -0.25) is 4.79 Å². The van der Waals surface area contributed by atoms with Gasteiger partial charge in [0.05, 0.1) is 5.01 Å². The molecule has 1 aliphatic heterocycles. The van der Waals surface area contributed by atoms with E-state index in [1.165, 1.54) is 0 Å². The molecular formula is C13H23Cl2N3OS. The molecule has 0 spiro atoms. The van der Waals surface area contributed by atoms with E-state index in [0.717, 1.165) is 30.9 Å². The highest BCUT2D eigenvalue weighted by atomic mass is 35.5. The predicted molar refractivity (Wildman–Crippen MR) is 88.7 cm³/mol. The third kappa shape index (κ3) is 4.58. The van der Waals surface area contributed by atoms with Crippen molar-refractivity contribution in [3.8, 4) is 0 Å². The van der Waals surface area contributed by atoms with Crippen LogP contribution in [0.15, 0.2) is 5.38 Å². The average Bonchev–Trinajstić information content (AvgIpc) is 2.87. The van der Waals surface area contributed by atoms with Crippen molar-refractivity contribution >= 4 is 42.1 Å². The molecule has 1 aromatic heterocycles. The number of carbonyl (C=O) groups is 1. The molecule has 116 valence electrons. The van der Waals surface area contributed by atoms with Crippen molar-refractivity contribution in [1.29, 1.82) is 0 Å². The molecule has 1 amide bonds. The van der Waals surface area contributed by atoms with Crippen LogP contribution in [0, 0.1) is 0 Å². The molecule has 4 nitrogen and oxygen atoms in total. The Bertz CT molecular complexity index is 426. The fourth-order valence-electron chi connectivity index (χ4n) is 2.21. The molecule has 0 bridgehead atoms. The quantitative estimate of drug-likeness (QED) is 0.920. The fourth-order valence-corrected chi connectivity index (χ4v) is 3.02. The lowest BCUT2D eigenvalue weighted by Crippen LogP contribution is -2.47. The lowest BCUT2D eigenvalue weighted by atomic mass is 10.1. The van der Waals surface area contributed by atoms with Crippen LogP contribution in [0.1, 0.15) is 48.1 Å². The van der Waals surface area contributed by atoms with E-state index >= 15 is 0 Å². The molecule has 1 N–H and O–H groups in total. The van der Waals surface area contributed by atoms with E-state index in [0.29, 0.717) is 17.7 Å². The topological polar surface area (TPSA) is 45.2 Å². The number of aromatic nitrogens is 1. The lowest BCUT2D eigenvalue weighted by Gasteiger charge is -2.32. The van der Waals surface area contributed by atoms with Gasteiger partial charge in [0.1, 0.15) is 5.69 Å². The Labute approximate surface area is 137 Å². The maximum atomic E-state index is 12.3. The van der Waals surface area contributed by atoms with Crippen molar-refractivity contribution in [3.05, 3.63) is 16.1 Å². The van der Waals surface area contributed by atoms with Crippen LogP contribution >= 0.6 is 36.2 Å². The number of piperidine rings is 1. The first kappa shape index (κ1) is 19.6. The molecule has 1 aliphatic rings. The van der Waals surface area contributed by atoms with Gasteiger partial charge in [-0.15, -0.1) is 36.2 Å². The zero-order valence-electron chi connectivity index (χ0n) is 12.1. The Morgan fingerprint density at radius 3 is 2.75 bits per heavy atom. The summed E-state index contributed by atoms with van der Waals surface area (Å²) in [5, 5.41) is 6.18. The SMILES string of the molecule is CNC1CCCN(C(=O)c2csc(C(C)C)n2)C1.Cl.Cl. The van der Waals surface area contributed by atoms with Gasteiger partial charge in [-0.2, -0.15) is 0 Å². The summed E-state index contributed by atoms with van der Waals surface area (Å²) < 4.78 is 0. The van der Waals surface area contributed by atoms with Crippen molar-refractivity contribution < 1.29 is 4.79 Å². The number of halogens is 2. The summed E-state index contributed by atoms with van der Waals surface area (Å²) in [4.78, 5) is 18.7. The molecule has 1 unspecified atom stereocenters. The second-order valence-electron chi connectivity index (χ2n) is 5.10. The molecule has 7 heteroatoms. The second kappa shape index (κ2) is 8.82. The first-order chi connectivity index (χ1) is 8.61. The van der Waals surface area contributed by atoms with Gasteiger partial charge in [-0.25, -0.2) is 4.98 Å². The Morgan fingerprint density at radius 2 is 2.20 bits per heavy atom. The molecular weight excluding hydrogens is 317 g/mol. The zero-order chi connectivity index (χ0) is 13.1. The summed E-state index contributed by atoms with van der Waals surface area (Å²) in [7, 11) is 1.96. The van der Waals surface area contributed by atoms with Gasteiger partial charge in [-0.1, -0.05) is 13.8 Å². The Hall–Kier alpha value is -0.360. The molecule has 1 aromatic rings. The number of likely N-dealkylation sites (N-methyl/N-ethyl adjacent to an activating group) is 1. The molecule has 2 heterocycles. The Kier molecular flexibility index (Phi) is 8.66. The minimum Gasteiger partial charge on any atom is -0.336 e. The van der Waals surface area contributed by atoms with E-state index in [2.05, 4.69) is 24.1 Å². The molecule has 0 saturated carbocycles. The van der Waals surface area contributed by atoms with Gasteiger partial charge in [0.2, 0.25) is 0 Å². The Morgan fingerprint density at radius 1 is 1.50 bits per heavy atom. The van der Waals surface area contributed by atoms with Gasteiger partial charge in [0, 0.05) is 30.4 Å². The van der Waals surface area contributed by atoms with Crippen molar-refractivity contribution in [3.63, 3.8) is 0 Å². The van der Waals surface area contributed by atoms with Crippen LogP contribution in [0.25, 0.3) is 0 Å². The number of nitrogens with one attached hydrogen (secondary N) is 1. The molecule has 0 radical (unpaired) electrons. The van der Waals surface area contributed by atoms with Crippen molar-refractivity contribution in [1.82, 2.24) is 15.2 Å². The fraction of sp³-hybridized carbons (Fsp3) is 0.692. The third-order valence-electron chi connectivity index (χ3n) is 3.35. The Balaban J connectivity index is 0.00000180. The second-order valence-corrected chi connectivity index (χ2v) is 5.99. The normalized spacial score (nSPS) is 18.4. The molecule has 0 aromatic carbocycles. The van der Waals surface area contributed by atoms with Gasteiger partial charge in [0.15, 0.2) is 0 Å². The number of amides is 1. The number of nitrogens with zero attached hydrogens (tertiary/aromatic N) is 2. The number of rotatable bonds is 3. The smallest absolute Gasteiger partial charge is 0.273 e. The maximum absolute atomic E-state index is 12.3. The zero-order valence-corrected chi connectivity index (χ0v) is 14.5. The van der Waals surface area contributed by atoms with Gasteiger partial charge >= 0.3 is 0 Å². The molecule has 1 saturated heterocycles. The number of carbonyl (C=O) groups excluding carboxylic acids is 1. The van der Waals surface area contributed by atoms with Crippen LogP contribution < -0.4 is 5.32 Å². The van der Waals surface area contributed by atoms with Crippen LogP contribution in [0.5, 0.6) is 0 Å². The van der Waals surface area contributed by atoms with Crippen molar-refractivity contribution in [2.45, 2.75) is 38.6 Å². The van der Waals surface area contributed by atoms with Crippen LogP contribution in [-0.4, -0.2) is 42.0 Å². The largest absolute Gasteiger partial charge is 0.336 e. The summed E-state index contributed by atoms with van der Waals surface area (Å²) in [6, 6.07) is 0.422. The number of likely N-dealkylation sites (tertiary alicyclic amines) is 1. The summed E-state index contributed by atoms with van der Waals surface area (Å²) in [6.07, 6.45) is 2.22. The maximum Gasteiger partial charge on any atom is 0.273 e. The number of hydrogen-bond acceptors (Lipinski definition) is 4. The van der Waals surface area contributed by atoms with Gasteiger partial charge in [0.25, 0.3) is 5.91 Å². The summed E-state index contributed by atoms with van der Waals surface area (Å²) >= 11 is 1.58. The molecule has 20 heavy (non-hydrogen) atoms. The van der Waals surface area contributed by atoms with Gasteiger partial charge in [-0.05, 0) is 19.9 Å². The number of thiazole rings is 1. The first-order valence-electron chi connectivity index (χ1n) is 6.53. The molecule has 2 rings (SSSR count). The van der Waals surface area contributed by atoms with E-state index in [-0.39, 0.29) is 30.7 Å². The van der Waals surface area contributed by atoms with E-state index in [1.54, 1.807) is 11.3 Å². The van der Waals surface area contributed by atoms with Crippen molar-refractivity contribution in [2.24, 2.45) is 0 Å². The van der Waals surface area contributed by atoms with E-state index in [9.17, 15) is 4.79 Å². The highest BCUT2D eigenvalue weighted by Gasteiger charge is 2.25. The van der Waals surface area contributed by atoms with Crippen LogP contribution in [0.2, 0.25) is 0 Å². The first-order valence-corrected chi connectivity index (χ1v) is 7.41. The van der Waals surface area contributed by atoms with Crippen LogP contribution in [0.4, 0.5) is 0 Å². The molecule has 0 aliphatic carbocycles. The van der Waals surface area contributed by atoms with Crippen LogP contribution in [-0.2, 0) is 0 Å². The standard InChI is InChI=1S/C13H21N3OS.2ClH/c1-9(2)12-15-11(8-18-12)13(17)16-6-4-5-10(7-16)14-3;;/h8-10,14H,4-7H2,1-3H3;2*1H. The lowest BCUT2D eigenvalue weighted by molar-refractivity contribution is 0.0693. The highest BCUT2D eigenvalue weighted by molar-refractivity contribution is 7.09. The summed E-state index contributed by atoms with van der Waals surface area (Å²) in [6.45, 7) is 5.85. The monoisotopic (exact) mass is 339 g/mol. The number of hydrogen-bond donors (Lipinski definition) is 1. The van der Waals surface area contributed by atoms with Gasteiger partial charge < -0.3 is 10.2 Å². The van der Waals surface area contributed by atoms with Crippen molar-refractivity contribution in [2.75, 3.05) is 20.1 Å². The highest BCUT2D eigenvalue weighted by Crippen LogP contribution is 2.21. The average molecular weight is 340 g/mol. The van der Waals surface area contributed by atoms with E-state index in [1.807, 2.05) is 17.3 Å². The minimum atomic E-state index is 0. The summed E-state index contributed by atoms with van der Waals surface area (Å²) in [5.74, 6) is 0.473. The van der Waals surface area contributed by atoms with E-state index in [4.69, 9.17) is 0 Å².